The molecule has 0 spiro atoms. The van der Waals surface area contributed by atoms with Gasteiger partial charge in [-0.3, -0.25) is 9.36 Å². The van der Waals surface area contributed by atoms with E-state index in [1.54, 1.807) is 0 Å². The fraction of sp³-hybridized carbons (Fsp3) is 0.538. The molecule has 1 aliphatic heterocycles. The SMILES string of the molecule is Cn1cnc2c(c(F)cn2[C@H]2C[C@H](O)[C@@H](COP(C)(=O)O)O2)c1=O. The van der Waals surface area contributed by atoms with Gasteiger partial charge in [-0.1, -0.05) is 0 Å². The number of halogens is 1. The molecule has 0 aliphatic carbocycles. The van der Waals surface area contributed by atoms with E-state index >= 15 is 0 Å². The first-order valence-electron chi connectivity index (χ1n) is 7.17. The molecule has 9 nitrogen and oxygen atoms in total. The number of hydrogen-bond acceptors (Lipinski definition) is 6. The van der Waals surface area contributed by atoms with Crippen LogP contribution in [0, 0.1) is 5.82 Å². The normalized spacial score (nSPS) is 26.8. The number of ether oxygens (including phenoxy) is 1. The molecule has 0 radical (unpaired) electrons. The van der Waals surface area contributed by atoms with Crippen LogP contribution in [0.25, 0.3) is 11.0 Å². The van der Waals surface area contributed by atoms with Crippen LogP contribution in [0.5, 0.6) is 0 Å². The number of aliphatic hydroxyl groups is 1. The Labute approximate surface area is 135 Å². The third-order valence-corrected chi connectivity index (χ3v) is 4.47. The standard InChI is InChI=1S/C13H17FN3O6P/c1-16-6-15-12-11(13(16)19)7(14)4-17(12)10-3-8(18)9(23-10)5-22-24(2,20)21/h4,6,8-10,18H,3,5H2,1-2H3,(H,20,21)/t8-,9+,10+/m0/s1. The molecule has 0 aromatic carbocycles. The molecule has 4 atom stereocenters. The predicted octanol–water partition coefficient (Wildman–Crippen LogP) is 0.354. The van der Waals surface area contributed by atoms with Crippen molar-refractivity contribution in [3.63, 3.8) is 0 Å². The third kappa shape index (κ3) is 3.15. The van der Waals surface area contributed by atoms with Crippen LogP contribution in [0.15, 0.2) is 17.3 Å². The van der Waals surface area contributed by atoms with E-state index < -0.39 is 37.4 Å². The van der Waals surface area contributed by atoms with Gasteiger partial charge < -0.3 is 28.4 Å². The molecule has 1 aliphatic rings. The van der Waals surface area contributed by atoms with Crippen LogP contribution in [0.1, 0.15) is 12.6 Å². The van der Waals surface area contributed by atoms with E-state index in [1.807, 2.05) is 0 Å². The molecule has 2 N–H and O–H groups in total. The Morgan fingerprint density at radius 3 is 2.96 bits per heavy atom. The topological polar surface area (TPSA) is 116 Å². The van der Waals surface area contributed by atoms with Crippen LogP contribution in [0.3, 0.4) is 0 Å². The molecular weight excluding hydrogens is 344 g/mol. The molecule has 0 bridgehead atoms. The highest BCUT2D eigenvalue weighted by Gasteiger charge is 2.37. The van der Waals surface area contributed by atoms with Crippen molar-refractivity contribution in [2.24, 2.45) is 7.05 Å². The highest BCUT2D eigenvalue weighted by molar-refractivity contribution is 7.51. The van der Waals surface area contributed by atoms with Gasteiger partial charge in [0.2, 0.25) is 0 Å². The summed E-state index contributed by atoms with van der Waals surface area (Å²) in [7, 11) is -2.23. The lowest BCUT2D eigenvalue weighted by Gasteiger charge is -2.17. The van der Waals surface area contributed by atoms with Gasteiger partial charge >= 0.3 is 7.60 Å². The quantitative estimate of drug-likeness (QED) is 0.755. The molecule has 11 heteroatoms. The second-order valence-corrected chi connectivity index (χ2v) is 7.64. The Balaban J connectivity index is 1.88. The molecule has 2 aromatic rings. The predicted molar refractivity (Wildman–Crippen MR) is 81.2 cm³/mol. The van der Waals surface area contributed by atoms with Gasteiger partial charge in [0.15, 0.2) is 11.5 Å². The number of fused-ring (bicyclic) bond motifs is 1. The number of nitrogens with zero attached hydrogens (tertiary/aromatic N) is 3. The molecular formula is C13H17FN3O6P. The van der Waals surface area contributed by atoms with Crippen LogP contribution >= 0.6 is 7.60 Å². The van der Waals surface area contributed by atoms with Gasteiger partial charge in [-0.25, -0.2) is 9.37 Å². The molecule has 0 saturated carbocycles. The molecule has 132 valence electrons. The molecule has 0 amide bonds. The highest BCUT2D eigenvalue weighted by atomic mass is 31.2. The second kappa shape index (κ2) is 6.05. The van der Waals surface area contributed by atoms with Crippen molar-refractivity contribution < 1.29 is 28.2 Å². The van der Waals surface area contributed by atoms with Crippen molar-refractivity contribution in [1.82, 2.24) is 14.1 Å². The molecule has 1 saturated heterocycles. The minimum atomic E-state index is -3.70. The minimum absolute atomic E-state index is 0.105. The monoisotopic (exact) mass is 361 g/mol. The largest absolute Gasteiger partial charge is 0.390 e. The maximum absolute atomic E-state index is 14.1. The fourth-order valence-electron chi connectivity index (χ4n) is 2.65. The van der Waals surface area contributed by atoms with Crippen LogP contribution in [-0.2, 0) is 20.9 Å². The summed E-state index contributed by atoms with van der Waals surface area (Å²) in [5, 5.41) is 9.86. The van der Waals surface area contributed by atoms with Crippen LogP contribution < -0.4 is 5.56 Å². The van der Waals surface area contributed by atoms with Gasteiger partial charge in [0.05, 0.1) is 19.0 Å². The zero-order valence-corrected chi connectivity index (χ0v) is 13.9. The summed E-state index contributed by atoms with van der Waals surface area (Å²) in [4.78, 5) is 25.2. The Bertz CT molecular complexity index is 874. The smallest absolute Gasteiger partial charge is 0.325 e. The van der Waals surface area contributed by atoms with Gasteiger partial charge in [-0.05, 0) is 0 Å². The molecule has 1 unspecified atom stereocenters. The summed E-state index contributed by atoms with van der Waals surface area (Å²) in [5.74, 6) is -0.732. The number of hydrogen-bond donors (Lipinski definition) is 2. The van der Waals surface area contributed by atoms with Gasteiger partial charge in [0.1, 0.15) is 17.7 Å². The maximum Gasteiger partial charge on any atom is 0.325 e. The van der Waals surface area contributed by atoms with Gasteiger partial charge in [-0.2, -0.15) is 0 Å². The Kier molecular flexibility index (Phi) is 4.35. The van der Waals surface area contributed by atoms with E-state index in [0.717, 1.165) is 17.4 Å². The lowest BCUT2D eigenvalue weighted by Crippen LogP contribution is -2.25. The van der Waals surface area contributed by atoms with Crippen molar-refractivity contribution >= 4 is 18.6 Å². The molecule has 3 rings (SSSR count). The van der Waals surface area contributed by atoms with E-state index in [4.69, 9.17) is 14.2 Å². The van der Waals surface area contributed by atoms with Crippen molar-refractivity contribution in [2.75, 3.05) is 13.3 Å². The number of aliphatic hydroxyl groups excluding tert-OH is 1. The van der Waals surface area contributed by atoms with Crippen molar-refractivity contribution in [3.8, 4) is 0 Å². The van der Waals surface area contributed by atoms with Crippen molar-refractivity contribution in [2.45, 2.75) is 24.9 Å². The lowest BCUT2D eigenvalue weighted by atomic mass is 10.2. The zero-order chi connectivity index (χ0) is 17.6. The minimum Gasteiger partial charge on any atom is -0.390 e. The third-order valence-electron chi connectivity index (χ3n) is 3.84. The lowest BCUT2D eigenvalue weighted by molar-refractivity contribution is -0.0393. The summed E-state index contributed by atoms with van der Waals surface area (Å²) in [6.45, 7) is 0.749. The van der Waals surface area contributed by atoms with Crippen molar-refractivity contribution in [3.05, 3.63) is 28.7 Å². The van der Waals surface area contributed by atoms with E-state index in [-0.39, 0.29) is 24.1 Å². The van der Waals surface area contributed by atoms with Crippen LogP contribution in [0.2, 0.25) is 0 Å². The number of aryl methyl sites for hydroxylation is 1. The summed E-state index contributed by atoms with van der Waals surface area (Å²) >= 11 is 0. The zero-order valence-electron chi connectivity index (χ0n) is 13.0. The summed E-state index contributed by atoms with van der Waals surface area (Å²) in [6.07, 6.45) is -0.110. The first-order chi connectivity index (χ1) is 11.2. The Hall–Kier alpha value is -1.58. The van der Waals surface area contributed by atoms with E-state index in [1.165, 1.54) is 17.9 Å². The second-order valence-electron chi connectivity index (χ2n) is 5.77. The fourth-order valence-corrected chi connectivity index (χ4v) is 3.07. The maximum atomic E-state index is 14.1. The van der Waals surface area contributed by atoms with E-state index in [9.17, 15) is 18.9 Å². The van der Waals surface area contributed by atoms with E-state index in [2.05, 4.69) is 4.98 Å². The van der Waals surface area contributed by atoms with Crippen LogP contribution in [0.4, 0.5) is 4.39 Å². The molecule has 2 aromatic heterocycles. The van der Waals surface area contributed by atoms with Crippen molar-refractivity contribution in [1.29, 1.82) is 0 Å². The summed E-state index contributed by atoms with van der Waals surface area (Å²) < 4.78 is 38.1. The first kappa shape index (κ1) is 17.2. The van der Waals surface area contributed by atoms with Gasteiger partial charge in [0, 0.05) is 26.3 Å². The first-order valence-corrected chi connectivity index (χ1v) is 9.20. The highest BCUT2D eigenvalue weighted by Crippen LogP contribution is 2.39. The van der Waals surface area contributed by atoms with E-state index in [0.29, 0.717) is 0 Å². The number of rotatable bonds is 4. The number of aromatic nitrogens is 3. The molecule has 3 heterocycles. The Morgan fingerprint density at radius 2 is 2.29 bits per heavy atom. The Morgan fingerprint density at radius 1 is 1.58 bits per heavy atom. The summed E-state index contributed by atoms with van der Waals surface area (Å²) in [5.41, 5.74) is -0.417. The van der Waals surface area contributed by atoms with Crippen LogP contribution in [-0.4, -0.2) is 49.6 Å². The van der Waals surface area contributed by atoms with Gasteiger partial charge in [0.25, 0.3) is 5.56 Å². The average Bonchev–Trinajstić information content (AvgIpc) is 3.01. The van der Waals surface area contributed by atoms with Gasteiger partial charge in [-0.15, -0.1) is 0 Å². The summed E-state index contributed by atoms with van der Waals surface area (Å²) in [6, 6.07) is 0. The molecule has 24 heavy (non-hydrogen) atoms. The molecule has 1 fully saturated rings. The average molecular weight is 361 g/mol.